The zero-order valence-electron chi connectivity index (χ0n) is 14.5. The minimum atomic E-state index is -0.460. The third kappa shape index (κ3) is 3.76. The molecule has 1 aromatic carbocycles. The first-order valence-corrected chi connectivity index (χ1v) is 8.94. The van der Waals surface area contributed by atoms with E-state index in [1.165, 1.54) is 25.0 Å². The van der Waals surface area contributed by atoms with Crippen LogP contribution in [0, 0.1) is 5.82 Å². The predicted octanol–water partition coefficient (Wildman–Crippen LogP) is 2.22. The van der Waals surface area contributed by atoms with Crippen LogP contribution in [0.15, 0.2) is 36.4 Å². The molecule has 2 heterocycles. The first-order valence-electron chi connectivity index (χ1n) is 8.94. The van der Waals surface area contributed by atoms with Gasteiger partial charge in [0.15, 0.2) is 24.0 Å². The third-order valence-corrected chi connectivity index (χ3v) is 4.81. The van der Waals surface area contributed by atoms with Crippen molar-refractivity contribution < 1.29 is 13.9 Å². The van der Waals surface area contributed by atoms with E-state index in [4.69, 9.17) is 4.74 Å². The summed E-state index contributed by atoms with van der Waals surface area (Å²) in [5.41, 5.74) is 1.08. The van der Waals surface area contributed by atoms with Crippen LogP contribution in [0.5, 0.6) is 5.75 Å². The highest BCUT2D eigenvalue weighted by Crippen LogP contribution is 2.38. The molecule has 2 aromatic rings. The molecular formula is C19H21FN4O2. The zero-order valence-corrected chi connectivity index (χ0v) is 14.5. The van der Waals surface area contributed by atoms with Crippen molar-refractivity contribution in [3.8, 4) is 5.75 Å². The van der Waals surface area contributed by atoms with Crippen molar-refractivity contribution in [2.75, 3.05) is 37.7 Å². The van der Waals surface area contributed by atoms with Crippen molar-refractivity contribution in [1.29, 1.82) is 0 Å². The summed E-state index contributed by atoms with van der Waals surface area (Å²) in [6.45, 7) is 2.42. The Morgan fingerprint density at radius 3 is 2.50 bits per heavy atom. The number of rotatable bonds is 5. The van der Waals surface area contributed by atoms with Gasteiger partial charge in [-0.2, -0.15) is 5.10 Å². The molecule has 1 amide bonds. The molecule has 0 radical (unpaired) electrons. The number of hydrogen-bond donors (Lipinski definition) is 0. The Labute approximate surface area is 151 Å². The Morgan fingerprint density at radius 1 is 1.08 bits per heavy atom. The maximum atomic E-state index is 13.5. The molecule has 1 aliphatic heterocycles. The van der Waals surface area contributed by atoms with Crippen LogP contribution in [-0.2, 0) is 4.79 Å². The summed E-state index contributed by atoms with van der Waals surface area (Å²) in [6.07, 6.45) is 2.42. The minimum Gasteiger partial charge on any atom is -0.481 e. The molecule has 0 N–H and O–H groups in total. The molecule has 26 heavy (non-hydrogen) atoms. The molecule has 0 spiro atoms. The van der Waals surface area contributed by atoms with E-state index in [1.54, 1.807) is 17.0 Å². The predicted molar refractivity (Wildman–Crippen MR) is 94.7 cm³/mol. The zero-order chi connectivity index (χ0) is 17.9. The quantitative estimate of drug-likeness (QED) is 0.822. The number of aromatic nitrogens is 2. The molecule has 1 aliphatic carbocycles. The molecule has 2 fully saturated rings. The maximum Gasteiger partial charge on any atom is 0.260 e. The van der Waals surface area contributed by atoms with Crippen LogP contribution in [0.1, 0.15) is 24.5 Å². The molecule has 1 aromatic heterocycles. The Balaban J connectivity index is 1.27. The fourth-order valence-electron chi connectivity index (χ4n) is 3.08. The van der Waals surface area contributed by atoms with Gasteiger partial charge in [0.05, 0.1) is 5.69 Å². The van der Waals surface area contributed by atoms with Crippen molar-refractivity contribution in [1.82, 2.24) is 15.1 Å². The summed E-state index contributed by atoms with van der Waals surface area (Å²) in [5.74, 6) is 0.955. The van der Waals surface area contributed by atoms with Gasteiger partial charge in [-0.15, -0.1) is 5.10 Å². The van der Waals surface area contributed by atoms with Gasteiger partial charge >= 0.3 is 0 Å². The van der Waals surface area contributed by atoms with Gasteiger partial charge in [0.25, 0.3) is 5.91 Å². The second-order valence-corrected chi connectivity index (χ2v) is 6.68. The van der Waals surface area contributed by atoms with Gasteiger partial charge in [-0.25, -0.2) is 4.39 Å². The molecule has 4 rings (SSSR count). The Hall–Kier alpha value is -2.70. The van der Waals surface area contributed by atoms with E-state index < -0.39 is 5.82 Å². The van der Waals surface area contributed by atoms with Gasteiger partial charge in [0.1, 0.15) is 0 Å². The lowest BCUT2D eigenvalue weighted by Crippen LogP contribution is -2.50. The summed E-state index contributed by atoms with van der Waals surface area (Å²) >= 11 is 0. The Morgan fingerprint density at radius 2 is 1.85 bits per heavy atom. The molecule has 1 saturated carbocycles. The molecule has 0 unspecified atom stereocenters. The summed E-state index contributed by atoms with van der Waals surface area (Å²) < 4.78 is 18.8. The highest BCUT2D eigenvalue weighted by atomic mass is 19.1. The minimum absolute atomic E-state index is 0.102. The van der Waals surface area contributed by atoms with Crippen molar-refractivity contribution >= 4 is 11.7 Å². The second kappa shape index (κ2) is 7.27. The van der Waals surface area contributed by atoms with Gasteiger partial charge in [0, 0.05) is 32.1 Å². The van der Waals surface area contributed by atoms with Crippen LogP contribution in [0.25, 0.3) is 0 Å². The summed E-state index contributed by atoms with van der Waals surface area (Å²) in [4.78, 5) is 16.2. The molecule has 2 aliphatic rings. The number of benzene rings is 1. The summed E-state index contributed by atoms with van der Waals surface area (Å²) in [5, 5.41) is 8.64. The summed E-state index contributed by atoms with van der Waals surface area (Å²) in [7, 11) is 0. The fraction of sp³-hybridized carbons (Fsp3) is 0.421. The number of anilines is 1. The van der Waals surface area contributed by atoms with Crippen LogP contribution < -0.4 is 9.64 Å². The standard InChI is InChI=1S/C19H21FN4O2/c20-15-3-1-2-4-17(15)26-13-19(25)24-11-9-23(10-12-24)18-8-7-16(21-22-18)14-5-6-14/h1-4,7-8,14H,5-6,9-13H2. The summed E-state index contributed by atoms with van der Waals surface area (Å²) in [6, 6.07) is 10.2. The van der Waals surface area contributed by atoms with Crippen LogP contribution in [0.4, 0.5) is 10.2 Å². The van der Waals surface area contributed by atoms with E-state index in [0.29, 0.717) is 32.1 Å². The normalized spacial score (nSPS) is 17.3. The lowest BCUT2D eigenvalue weighted by atomic mass is 10.2. The van der Waals surface area contributed by atoms with Gasteiger partial charge in [-0.3, -0.25) is 4.79 Å². The number of halogens is 1. The van der Waals surface area contributed by atoms with Crippen LogP contribution in [0.2, 0.25) is 0 Å². The van der Waals surface area contributed by atoms with E-state index >= 15 is 0 Å². The smallest absolute Gasteiger partial charge is 0.260 e. The number of ether oxygens (including phenoxy) is 1. The number of para-hydroxylation sites is 1. The molecule has 0 atom stereocenters. The number of amides is 1. The maximum absolute atomic E-state index is 13.5. The highest BCUT2D eigenvalue weighted by Gasteiger charge is 2.26. The van der Waals surface area contributed by atoms with Crippen molar-refractivity contribution in [3.05, 3.63) is 47.9 Å². The van der Waals surface area contributed by atoms with E-state index in [9.17, 15) is 9.18 Å². The van der Waals surface area contributed by atoms with Gasteiger partial charge in [0.2, 0.25) is 0 Å². The van der Waals surface area contributed by atoms with Crippen LogP contribution >= 0.6 is 0 Å². The van der Waals surface area contributed by atoms with Gasteiger partial charge < -0.3 is 14.5 Å². The topological polar surface area (TPSA) is 58.6 Å². The number of piperazine rings is 1. The molecular weight excluding hydrogens is 335 g/mol. The highest BCUT2D eigenvalue weighted by molar-refractivity contribution is 5.78. The molecule has 136 valence electrons. The molecule has 0 bridgehead atoms. The largest absolute Gasteiger partial charge is 0.481 e. The van der Waals surface area contributed by atoms with E-state index in [2.05, 4.69) is 21.2 Å². The average molecular weight is 356 g/mol. The Kier molecular flexibility index (Phi) is 4.69. The first kappa shape index (κ1) is 16.8. The lowest BCUT2D eigenvalue weighted by Gasteiger charge is -2.35. The third-order valence-electron chi connectivity index (χ3n) is 4.81. The van der Waals surface area contributed by atoms with E-state index in [0.717, 1.165) is 11.5 Å². The lowest BCUT2D eigenvalue weighted by molar-refractivity contribution is -0.133. The first-order chi connectivity index (χ1) is 12.7. The van der Waals surface area contributed by atoms with Crippen molar-refractivity contribution in [2.45, 2.75) is 18.8 Å². The van der Waals surface area contributed by atoms with Gasteiger partial charge in [-0.1, -0.05) is 12.1 Å². The van der Waals surface area contributed by atoms with E-state index in [-0.39, 0.29) is 18.3 Å². The van der Waals surface area contributed by atoms with Gasteiger partial charge in [-0.05, 0) is 37.1 Å². The molecule has 1 saturated heterocycles. The van der Waals surface area contributed by atoms with Crippen LogP contribution in [0.3, 0.4) is 0 Å². The van der Waals surface area contributed by atoms with Crippen molar-refractivity contribution in [2.24, 2.45) is 0 Å². The number of hydrogen-bond acceptors (Lipinski definition) is 5. The number of carbonyl (C=O) groups excluding carboxylic acids is 1. The average Bonchev–Trinajstić information content (AvgIpc) is 3.53. The molecule has 7 heteroatoms. The number of carbonyl (C=O) groups is 1. The molecule has 6 nitrogen and oxygen atoms in total. The van der Waals surface area contributed by atoms with Crippen molar-refractivity contribution in [3.63, 3.8) is 0 Å². The van der Waals surface area contributed by atoms with E-state index in [1.807, 2.05) is 6.07 Å². The van der Waals surface area contributed by atoms with Crippen LogP contribution in [-0.4, -0.2) is 53.8 Å². The fourth-order valence-corrected chi connectivity index (χ4v) is 3.08. The SMILES string of the molecule is O=C(COc1ccccc1F)N1CCN(c2ccc(C3CC3)nn2)CC1. The number of nitrogens with zero attached hydrogens (tertiary/aromatic N) is 4. The monoisotopic (exact) mass is 356 g/mol. The Bertz CT molecular complexity index is 771. The second-order valence-electron chi connectivity index (χ2n) is 6.68.